The van der Waals surface area contributed by atoms with E-state index in [0.717, 1.165) is 75.4 Å². The third-order valence-electron chi connectivity index (χ3n) is 8.55. The predicted octanol–water partition coefficient (Wildman–Crippen LogP) is 6.11. The van der Waals surface area contributed by atoms with E-state index in [1.807, 2.05) is 36.4 Å². The number of benzene rings is 3. The number of rotatable bonds is 4. The number of carboxylic acids is 1. The third-order valence-corrected chi connectivity index (χ3v) is 8.55. The van der Waals surface area contributed by atoms with E-state index >= 15 is 0 Å². The monoisotopic (exact) mass is 520 g/mol. The Morgan fingerprint density at radius 3 is 2.67 bits per heavy atom. The van der Waals surface area contributed by atoms with Crippen LogP contribution in [0.5, 0.6) is 11.5 Å². The molecule has 196 valence electrons. The molecule has 2 atom stereocenters. The largest absolute Gasteiger partial charge is 0.486 e. The first-order valence-corrected chi connectivity index (χ1v) is 13.5. The molecule has 1 aliphatic carbocycles. The highest BCUT2D eigenvalue weighted by Gasteiger charge is 2.37. The summed E-state index contributed by atoms with van der Waals surface area (Å²) < 4.78 is 17.9. The summed E-state index contributed by atoms with van der Waals surface area (Å²) in [4.78, 5) is 13.8. The van der Waals surface area contributed by atoms with Crippen LogP contribution in [-0.2, 0) is 11.2 Å². The maximum Gasteiger partial charge on any atom is 0.307 e. The second kappa shape index (κ2) is 9.18. The topological polar surface area (TPSA) is 95.9 Å². The predicted molar refractivity (Wildman–Crippen MR) is 146 cm³/mol. The summed E-state index contributed by atoms with van der Waals surface area (Å²) in [5, 5.41) is 20.6. The van der Waals surface area contributed by atoms with E-state index in [1.54, 1.807) is 0 Å². The minimum absolute atomic E-state index is 0.138. The molecule has 0 bridgehead atoms. The Labute approximate surface area is 226 Å². The van der Waals surface area contributed by atoms with Gasteiger partial charge in [0, 0.05) is 23.5 Å². The van der Waals surface area contributed by atoms with E-state index in [1.165, 1.54) is 0 Å². The van der Waals surface area contributed by atoms with Crippen molar-refractivity contribution in [2.45, 2.75) is 32.2 Å². The third kappa shape index (κ3) is 3.86. The number of fused-ring (bicyclic) bond motifs is 3. The summed E-state index contributed by atoms with van der Waals surface area (Å²) in [6.07, 6.45) is 2.36. The normalized spacial score (nSPS) is 20.2. The highest BCUT2D eigenvalue weighted by Crippen LogP contribution is 2.45. The molecule has 0 spiro atoms. The van der Waals surface area contributed by atoms with E-state index in [0.29, 0.717) is 37.3 Å². The van der Waals surface area contributed by atoms with Gasteiger partial charge < -0.3 is 19.0 Å². The lowest BCUT2D eigenvalue weighted by molar-refractivity contribution is -0.141. The van der Waals surface area contributed by atoms with Crippen LogP contribution in [0.1, 0.15) is 41.1 Å². The number of likely N-dealkylation sites (tertiary alicyclic amines) is 1. The zero-order valence-electron chi connectivity index (χ0n) is 21.7. The molecular weight excluding hydrogens is 492 g/mol. The smallest absolute Gasteiger partial charge is 0.307 e. The summed E-state index contributed by atoms with van der Waals surface area (Å²) in [6.45, 7) is 4.51. The zero-order chi connectivity index (χ0) is 26.7. The van der Waals surface area contributed by atoms with Crippen LogP contribution in [0.15, 0.2) is 52.9 Å². The van der Waals surface area contributed by atoms with Crippen molar-refractivity contribution in [2.75, 3.05) is 26.3 Å². The lowest BCUT2D eigenvalue weighted by Crippen LogP contribution is -2.26. The summed E-state index contributed by atoms with van der Waals surface area (Å²) >= 11 is 0. The molecule has 1 N–H and O–H groups in total. The second-order valence-corrected chi connectivity index (χ2v) is 10.7. The maximum absolute atomic E-state index is 11.5. The van der Waals surface area contributed by atoms with Crippen molar-refractivity contribution in [2.24, 2.45) is 5.92 Å². The van der Waals surface area contributed by atoms with Gasteiger partial charge >= 0.3 is 5.97 Å². The van der Waals surface area contributed by atoms with Crippen molar-refractivity contribution >= 4 is 16.9 Å². The molecule has 1 aromatic heterocycles. The van der Waals surface area contributed by atoms with Crippen LogP contribution in [-0.4, -0.2) is 42.3 Å². The van der Waals surface area contributed by atoms with Crippen LogP contribution >= 0.6 is 0 Å². The van der Waals surface area contributed by atoms with Gasteiger partial charge in [0.1, 0.15) is 25.0 Å². The first-order chi connectivity index (χ1) is 19.0. The number of nitriles is 1. The fourth-order valence-corrected chi connectivity index (χ4v) is 6.58. The fourth-order valence-electron chi connectivity index (χ4n) is 6.58. The molecule has 7 nitrogen and oxygen atoms in total. The lowest BCUT2D eigenvalue weighted by Gasteiger charge is -2.24. The van der Waals surface area contributed by atoms with E-state index in [2.05, 4.69) is 30.0 Å². The molecule has 1 fully saturated rings. The Morgan fingerprint density at radius 2 is 1.87 bits per heavy atom. The van der Waals surface area contributed by atoms with Gasteiger partial charge in [-0.2, -0.15) is 5.26 Å². The first-order valence-electron chi connectivity index (χ1n) is 13.5. The van der Waals surface area contributed by atoms with Crippen molar-refractivity contribution in [1.82, 2.24) is 4.90 Å². The van der Waals surface area contributed by atoms with Crippen LogP contribution in [0.4, 0.5) is 0 Å². The Morgan fingerprint density at radius 1 is 1.05 bits per heavy atom. The Bertz CT molecular complexity index is 1680. The number of furan rings is 1. The van der Waals surface area contributed by atoms with Gasteiger partial charge in [-0.3, -0.25) is 9.69 Å². The molecule has 0 unspecified atom stereocenters. The average molecular weight is 521 g/mol. The number of nitrogens with zero attached hydrogens (tertiary/aromatic N) is 2. The number of hydrogen-bond donors (Lipinski definition) is 1. The van der Waals surface area contributed by atoms with E-state index in [9.17, 15) is 15.2 Å². The molecule has 39 heavy (non-hydrogen) atoms. The molecule has 4 aromatic rings. The molecule has 7 rings (SSSR count). The maximum atomic E-state index is 11.5. The fraction of sp³-hybridized carbons (Fsp3) is 0.312. The van der Waals surface area contributed by atoms with E-state index in [4.69, 9.17) is 13.9 Å². The number of carboxylic acid groups (broad SMARTS) is 1. The molecule has 2 aliphatic heterocycles. The molecular formula is C32H28N2O5. The molecule has 3 aromatic carbocycles. The van der Waals surface area contributed by atoms with Gasteiger partial charge in [0.2, 0.25) is 0 Å². The van der Waals surface area contributed by atoms with Crippen LogP contribution in [0.3, 0.4) is 0 Å². The van der Waals surface area contributed by atoms with Gasteiger partial charge in [0.05, 0.1) is 11.5 Å². The van der Waals surface area contributed by atoms with Crippen molar-refractivity contribution in [3.8, 4) is 40.0 Å². The molecule has 0 saturated carbocycles. The number of carbonyl (C=O) groups is 1. The molecule has 3 heterocycles. The molecule has 0 radical (unpaired) electrons. The summed E-state index contributed by atoms with van der Waals surface area (Å²) in [7, 11) is 0. The van der Waals surface area contributed by atoms with Crippen LogP contribution < -0.4 is 9.47 Å². The van der Waals surface area contributed by atoms with Crippen molar-refractivity contribution in [1.29, 1.82) is 5.26 Å². The minimum atomic E-state index is -0.725. The Kier molecular flexibility index (Phi) is 5.60. The van der Waals surface area contributed by atoms with E-state index < -0.39 is 5.97 Å². The molecule has 1 saturated heterocycles. The van der Waals surface area contributed by atoms with E-state index in [-0.39, 0.29) is 12.0 Å². The molecule has 7 heteroatoms. The Hall–Kier alpha value is -4.28. The lowest BCUT2D eigenvalue weighted by atomic mass is 9.94. The zero-order valence-corrected chi connectivity index (χ0v) is 21.7. The van der Waals surface area contributed by atoms with Crippen molar-refractivity contribution in [3.05, 3.63) is 70.8 Å². The number of aliphatic carboxylic acids is 1. The van der Waals surface area contributed by atoms with Crippen LogP contribution in [0.2, 0.25) is 0 Å². The quantitative estimate of drug-likeness (QED) is 0.347. The van der Waals surface area contributed by atoms with Crippen molar-refractivity contribution in [3.63, 3.8) is 0 Å². The highest BCUT2D eigenvalue weighted by atomic mass is 16.6. The second-order valence-electron chi connectivity index (χ2n) is 10.7. The molecule has 3 aliphatic rings. The van der Waals surface area contributed by atoms with Crippen LogP contribution in [0, 0.1) is 24.2 Å². The minimum Gasteiger partial charge on any atom is -0.486 e. The first kappa shape index (κ1) is 23.8. The van der Waals surface area contributed by atoms with Gasteiger partial charge in [-0.15, -0.1) is 0 Å². The van der Waals surface area contributed by atoms with Gasteiger partial charge in [0.25, 0.3) is 0 Å². The van der Waals surface area contributed by atoms with Crippen LogP contribution in [0.25, 0.3) is 33.4 Å². The number of ether oxygens (including phenoxy) is 2. The van der Waals surface area contributed by atoms with Gasteiger partial charge in [-0.05, 0) is 84.8 Å². The van der Waals surface area contributed by atoms with Gasteiger partial charge in [-0.25, -0.2) is 0 Å². The Balaban J connectivity index is 1.28. The summed E-state index contributed by atoms with van der Waals surface area (Å²) in [6, 6.07) is 18.9. The summed E-state index contributed by atoms with van der Waals surface area (Å²) in [5.41, 5.74) is 7.58. The number of hydrogen-bond acceptors (Lipinski definition) is 6. The SMILES string of the molecule is Cc1c(-c2ccc3c(c2)OCCO3)cccc1-c1cc2cc3c(c(C#N)c2o1)CC[C@H]3N1CC[C@@H](C(=O)O)C1. The van der Waals surface area contributed by atoms with Gasteiger partial charge in [0.15, 0.2) is 17.1 Å². The average Bonchev–Trinajstić information content (AvgIpc) is 3.70. The highest BCUT2D eigenvalue weighted by molar-refractivity contribution is 5.91. The standard InChI is InChI=1S/C32H28N2O5/c1-18-22(19-5-8-28-30(14-19)38-12-11-37-28)3-2-4-23(18)29-15-21-13-25-24(26(16-33)31(21)39-29)6-7-27(25)34-10-9-20(17-34)32(35)36/h2-5,8,13-15,20,27H,6-7,9-12,17H2,1H3,(H,35,36)/t20-,27-/m1/s1. The summed E-state index contributed by atoms with van der Waals surface area (Å²) in [5.74, 6) is 1.20. The molecule has 0 amide bonds. The van der Waals surface area contributed by atoms with Gasteiger partial charge in [-0.1, -0.05) is 24.3 Å². The van der Waals surface area contributed by atoms with Crippen molar-refractivity contribution < 1.29 is 23.8 Å².